The van der Waals surface area contributed by atoms with Crippen LogP contribution in [0.25, 0.3) is 0 Å². The van der Waals surface area contributed by atoms with E-state index in [0.29, 0.717) is 0 Å². The average molecular weight is 366 g/mol. The molecule has 2 rings (SSSR count). The zero-order valence-electron chi connectivity index (χ0n) is 12.8. The highest BCUT2D eigenvalue weighted by Gasteiger charge is 2.34. The Morgan fingerprint density at radius 2 is 1.79 bits per heavy atom. The maximum atomic E-state index is 12.9. The second-order valence-electron chi connectivity index (χ2n) is 5.32. The van der Waals surface area contributed by atoms with E-state index in [1.807, 2.05) is 0 Å². The third-order valence-electron chi connectivity index (χ3n) is 3.59. The van der Waals surface area contributed by atoms with E-state index in [0.717, 1.165) is 38.1 Å². The third-order valence-corrected chi connectivity index (χ3v) is 3.59. The fourth-order valence-electron chi connectivity index (χ4n) is 2.43. The molecule has 1 fully saturated rings. The van der Waals surface area contributed by atoms with E-state index >= 15 is 0 Å². The lowest BCUT2D eigenvalue weighted by atomic mass is 10.1. The van der Waals surface area contributed by atoms with Gasteiger partial charge < -0.3 is 16.0 Å². The Balaban J connectivity index is 0.00000288. The summed E-state index contributed by atoms with van der Waals surface area (Å²) >= 11 is 0. The Labute approximate surface area is 143 Å². The Morgan fingerprint density at radius 3 is 2.42 bits per heavy atom. The highest BCUT2D eigenvalue weighted by Crippen LogP contribution is 2.31. The summed E-state index contributed by atoms with van der Waals surface area (Å²) in [5.74, 6) is -1.33. The number of benzene rings is 1. The quantitative estimate of drug-likeness (QED) is 0.761. The van der Waals surface area contributed by atoms with Crippen molar-refractivity contribution in [2.75, 3.05) is 19.6 Å². The van der Waals surface area contributed by atoms with Crippen molar-refractivity contribution in [1.29, 1.82) is 0 Å². The van der Waals surface area contributed by atoms with Gasteiger partial charge in [0.1, 0.15) is 0 Å². The summed E-state index contributed by atoms with van der Waals surface area (Å²) in [5.41, 5.74) is -1.51. The molecule has 1 aliphatic heterocycles. The molecular weight excluding hydrogens is 347 g/mol. The maximum absolute atomic E-state index is 12.9. The molecule has 5 nitrogen and oxygen atoms in total. The number of alkyl halides is 3. The van der Waals surface area contributed by atoms with Crippen LogP contribution in [0.15, 0.2) is 24.3 Å². The van der Waals surface area contributed by atoms with E-state index in [1.165, 1.54) is 12.1 Å². The van der Waals surface area contributed by atoms with Crippen molar-refractivity contribution in [3.8, 4) is 0 Å². The molecule has 1 heterocycles. The van der Waals surface area contributed by atoms with E-state index in [2.05, 4.69) is 16.0 Å². The maximum Gasteiger partial charge on any atom is 0.417 e. The third kappa shape index (κ3) is 5.68. The van der Waals surface area contributed by atoms with Crippen LogP contribution in [0.2, 0.25) is 0 Å². The van der Waals surface area contributed by atoms with Crippen LogP contribution < -0.4 is 16.0 Å². The molecule has 0 spiro atoms. The van der Waals surface area contributed by atoms with Crippen molar-refractivity contribution in [2.45, 2.75) is 25.1 Å². The van der Waals surface area contributed by atoms with Gasteiger partial charge in [0.25, 0.3) is 5.91 Å². The van der Waals surface area contributed by atoms with Gasteiger partial charge in [0.05, 0.1) is 17.7 Å². The zero-order chi connectivity index (χ0) is 16.9. The smallest absolute Gasteiger partial charge is 0.352 e. The van der Waals surface area contributed by atoms with Crippen molar-refractivity contribution in [3.05, 3.63) is 35.4 Å². The number of amides is 2. The molecule has 24 heavy (non-hydrogen) atoms. The number of carbonyl (C=O) groups is 2. The molecule has 1 aliphatic rings. The molecule has 3 N–H and O–H groups in total. The lowest BCUT2D eigenvalue weighted by molar-refractivity contribution is -0.137. The van der Waals surface area contributed by atoms with Crippen LogP contribution in [0.5, 0.6) is 0 Å². The molecule has 0 atom stereocenters. The minimum Gasteiger partial charge on any atom is -0.352 e. The first-order valence-corrected chi connectivity index (χ1v) is 7.32. The van der Waals surface area contributed by atoms with Crippen LogP contribution in [-0.2, 0) is 11.0 Å². The Kier molecular flexibility index (Phi) is 7.50. The number of nitrogens with one attached hydrogen (secondary N) is 3. The average Bonchev–Trinajstić information content (AvgIpc) is 2.53. The molecule has 9 heteroatoms. The van der Waals surface area contributed by atoms with Gasteiger partial charge in [-0.1, -0.05) is 12.1 Å². The van der Waals surface area contributed by atoms with Gasteiger partial charge in [0, 0.05) is 6.04 Å². The van der Waals surface area contributed by atoms with Gasteiger partial charge in [-0.15, -0.1) is 12.4 Å². The van der Waals surface area contributed by atoms with E-state index in [1.54, 1.807) is 0 Å². The summed E-state index contributed by atoms with van der Waals surface area (Å²) in [7, 11) is 0. The van der Waals surface area contributed by atoms with Gasteiger partial charge in [0.15, 0.2) is 0 Å². The molecule has 0 bridgehead atoms. The van der Waals surface area contributed by atoms with Crippen molar-refractivity contribution < 1.29 is 22.8 Å². The molecule has 1 saturated heterocycles. The highest BCUT2D eigenvalue weighted by molar-refractivity contribution is 5.97. The molecule has 134 valence electrons. The monoisotopic (exact) mass is 365 g/mol. The normalized spacial score (nSPS) is 15.3. The number of hydrogen-bond donors (Lipinski definition) is 3. The zero-order valence-corrected chi connectivity index (χ0v) is 13.6. The Bertz CT molecular complexity index is 575. The van der Waals surface area contributed by atoms with Crippen molar-refractivity contribution in [1.82, 2.24) is 16.0 Å². The summed E-state index contributed by atoms with van der Waals surface area (Å²) in [6.45, 7) is 1.25. The summed E-state index contributed by atoms with van der Waals surface area (Å²) in [6, 6.07) is 4.51. The van der Waals surface area contributed by atoms with E-state index in [-0.39, 0.29) is 25.0 Å². The fraction of sp³-hybridized carbons (Fsp3) is 0.467. The molecule has 2 amide bonds. The fourth-order valence-corrected chi connectivity index (χ4v) is 2.43. The molecule has 1 aromatic rings. The predicted octanol–water partition coefficient (Wildman–Crippen LogP) is 1.73. The second kappa shape index (κ2) is 8.89. The second-order valence-corrected chi connectivity index (χ2v) is 5.32. The van der Waals surface area contributed by atoms with E-state index < -0.39 is 29.1 Å². The van der Waals surface area contributed by atoms with Gasteiger partial charge in [-0.25, -0.2) is 0 Å². The Morgan fingerprint density at radius 1 is 1.17 bits per heavy atom. The van der Waals surface area contributed by atoms with Gasteiger partial charge in [-0.3, -0.25) is 9.59 Å². The minimum absolute atomic E-state index is 0. The number of rotatable bonds is 4. The van der Waals surface area contributed by atoms with Crippen LogP contribution in [-0.4, -0.2) is 37.5 Å². The van der Waals surface area contributed by atoms with Gasteiger partial charge in [-0.05, 0) is 38.1 Å². The Hall–Kier alpha value is -1.80. The number of carbonyl (C=O) groups excluding carboxylic acids is 2. The van der Waals surface area contributed by atoms with Gasteiger partial charge in [0.2, 0.25) is 5.91 Å². The molecule has 1 aromatic carbocycles. The van der Waals surface area contributed by atoms with E-state index in [9.17, 15) is 22.8 Å². The molecule has 0 saturated carbocycles. The SMILES string of the molecule is Cl.O=C(CNC(=O)c1ccccc1C(F)(F)F)NC1CCNCC1. The number of hydrogen-bond acceptors (Lipinski definition) is 3. The molecule has 0 aliphatic carbocycles. The summed E-state index contributed by atoms with van der Waals surface area (Å²) < 4.78 is 38.6. The lowest BCUT2D eigenvalue weighted by Gasteiger charge is -2.23. The van der Waals surface area contributed by atoms with Gasteiger partial charge >= 0.3 is 6.18 Å². The first-order valence-electron chi connectivity index (χ1n) is 7.32. The summed E-state index contributed by atoms with van der Waals surface area (Å²) in [5, 5.41) is 8.14. The van der Waals surface area contributed by atoms with Crippen LogP contribution in [0, 0.1) is 0 Å². The summed E-state index contributed by atoms with van der Waals surface area (Å²) in [6.07, 6.45) is -3.04. The van der Waals surface area contributed by atoms with Gasteiger partial charge in [-0.2, -0.15) is 13.2 Å². The van der Waals surface area contributed by atoms with Crippen LogP contribution in [0.1, 0.15) is 28.8 Å². The topological polar surface area (TPSA) is 70.2 Å². The number of piperidine rings is 1. The predicted molar refractivity (Wildman–Crippen MR) is 85.1 cm³/mol. The standard InChI is InChI=1S/C15H18F3N3O2.ClH/c16-15(17,18)12-4-2-1-3-11(12)14(23)20-9-13(22)21-10-5-7-19-8-6-10;/h1-4,10,19H,5-9H2,(H,20,23)(H,21,22);1H. The van der Waals surface area contributed by atoms with Crippen molar-refractivity contribution in [2.24, 2.45) is 0 Å². The van der Waals surface area contributed by atoms with Crippen LogP contribution in [0.4, 0.5) is 13.2 Å². The van der Waals surface area contributed by atoms with Crippen LogP contribution >= 0.6 is 12.4 Å². The molecule has 0 unspecified atom stereocenters. The minimum atomic E-state index is -4.62. The van der Waals surface area contributed by atoms with Crippen molar-refractivity contribution >= 4 is 24.2 Å². The first kappa shape index (κ1) is 20.2. The number of halogens is 4. The molecule has 0 aromatic heterocycles. The summed E-state index contributed by atoms with van der Waals surface area (Å²) in [4.78, 5) is 23.7. The molecule has 0 radical (unpaired) electrons. The lowest BCUT2D eigenvalue weighted by Crippen LogP contribution is -2.46. The largest absolute Gasteiger partial charge is 0.417 e. The van der Waals surface area contributed by atoms with Crippen LogP contribution in [0.3, 0.4) is 0 Å². The first-order chi connectivity index (χ1) is 10.9. The highest BCUT2D eigenvalue weighted by atomic mass is 35.5. The van der Waals surface area contributed by atoms with Crippen molar-refractivity contribution in [3.63, 3.8) is 0 Å². The van der Waals surface area contributed by atoms with E-state index in [4.69, 9.17) is 0 Å². The molecular formula is C15H19ClF3N3O2.